The van der Waals surface area contributed by atoms with E-state index in [9.17, 15) is 4.79 Å². The predicted molar refractivity (Wildman–Crippen MR) is 99.7 cm³/mol. The van der Waals surface area contributed by atoms with Gasteiger partial charge in [-0.25, -0.2) is 4.79 Å². The number of carbonyl (C=O) groups is 1. The molecule has 0 aromatic heterocycles. The lowest BCUT2D eigenvalue weighted by Crippen LogP contribution is -2.31. The first kappa shape index (κ1) is 19.2. The molecule has 140 valence electrons. The Morgan fingerprint density at radius 1 is 0.808 bits per heavy atom. The van der Waals surface area contributed by atoms with E-state index in [0.717, 1.165) is 5.56 Å². The lowest BCUT2D eigenvalue weighted by atomic mass is 10.1. The average Bonchev–Trinajstić information content (AvgIpc) is 2.66. The van der Waals surface area contributed by atoms with E-state index in [2.05, 4.69) is 10.6 Å². The number of rotatable bonds is 7. The van der Waals surface area contributed by atoms with Crippen molar-refractivity contribution in [1.29, 1.82) is 0 Å². The average molecular weight is 360 g/mol. The highest BCUT2D eigenvalue weighted by Crippen LogP contribution is 2.31. The Bertz CT molecular complexity index is 764. The van der Waals surface area contributed by atoms with Gasteiger partial charge >= 0.3 is 6.03 Å². The van der Waals surface area contributed by atoms with Crippen LogP contribution in [0.15, 0.2) is 36.4 Å². The third-order valence-electron chi connectivity index (χ3n) is 3.90. The Balaban J connectivity index is 2.05. The summed E-state index contributed by atoms with van der Waals surface area (Å²) >= 11 is 0. The number of ether oxygens (including phenoxy) is 4. The van der Waals surface area contributed by atoms with Crippen molar-refractivity contribution in [3.8, 4) is 23.0 Å². The second kappa shape index (κ2) is 8.84. The smallest absolute Gasteiger partial charge is 0.319 e. The van der Waals surface area contributed by atoms with Gasteiger partial charge in [-0.05, 0) is 36.8 Å². The minimum absolute atomic E-state index is 0.227. The Kier molecular flexibility index (Phi) is 6.54. The zero-order valence-electron chi connectivity index (χ0n) is 15.6. The minimum atomic E-state index is -0.334. The van der Waals surface area contributed by atoms with Gasteiger partial charge in [0.2, 0.25) is 0 Å². The summed E-state index contributed by atoms with van der Waals surface area (Å²) in [5.74, 6) is 2.38. The number of methoxy groups -OCH3 is 4. The van der Waals surface area contributed by atoms with Gasteiger partial charge in [0.1, 0.15) is 0 Å². The van der Waals surface area contributed by atoms with Crippen molar-refractivity contribution in [2.24, 2.45) is 0 Å². The van der Waals surface area contributed by atoms with Crippen molar-refractivity contribution in [2.75, 3.05) is 33.8 Å². The summed E-state index contributed by atoms with van der Waals surface area (Å²) in [5.41, 5.74) is 1.49. The Labute approximate surface area is 153 Å². The molecule has 0 saturated heterocycles. The first-order valence-electron chi connectivity index (χ1n) is 8.03. The number of benzene rings is 2. The summed E-state index contributed by atoms with van der Waals surface area (Å²) in [6, 6.07) is 10.1. The van der Waals surface area contributed by atoms with E-state index in [-0.39, 0.29) is 12.1 Å². The molecule has 0 aliphatic heterocycles. The summed E-state index contributed by atoms with van der Waals surface area (Å²) in [6.07, 6.45) is 0. The van der Waals surface area contributed by atoms with Crippen LogP contribution in [0.1, 0.15) is 18.5 Å². The summed E-state index contributed by atoms with van der Waals surface area (Å²) in [7, 11) is 6.25. The molecule has 0 radical (unpaired) electrons. The number of nitrogens with one attached hydrogen (secondary N) is 2. The van der Waals surface area contributed by atoms with E-state index >= 15 is 0 Å². The van der Waals surface area contributed by atoms with E-state index in [4.69, 9.17) is 18.9 Å². The lowest BCUT2D eigenvalue weighted by molar-refractivity contribution is 0.249. The Hall–Kier alpha value is -3.09. The SMILES string of the molecule is COc1ccc(NC(=O)N[C@H](C)c2ccc(OC)c(OC)c2)cc1OC. The molecule has 26 heavy (non-hydrogen) atoms. The zero-order valence-corrected chi connectivity index (χ0v) is 15.6. The van der Waals surface area contributed by atoms with Crippen LogP contribution in [0.4, 0.5) is 10.5 Å². The van der Waals surface area contributed by atoms with Gasteiger partial charge in [0, 0.05) is 11.8 Å². The molecule has 0 spiro atoms. The highest BCUT2D eigenvalue weighted by atomic mass is 16.5. The van der Waals surface area contributed by atoms with Crippen molar-refractivity contribution >= 4 is 11.7 Å². The summed E-state index contributed by atoms with van der Waals surface area (Å²) in [5, 5.41) is 5.66. The third-order valence-corrected chi connectivity index (χ3v) is 3.90. The largest absolute Gasteiger partial charge is 0.493 e. The second-order valence-corrected chi connectivity index (χ2v) is 5.50. The zero-order chi connectivity index (χ0) is 19.1. The first-order valence-corrected chi connectivity index (χ1v) is 8.03. The van der Waals surface area contributed by atoms with Gasteiger partial charge in [0.05, 0.1) is 34.5 Å². The van der Waals surface area contributed by atoms with Crippen molar-refractivity contribution in [1.82, 2.24) is 5.32 Å². The maximum atomic E-state index is 12.3. The molecule has 2 aromatic rings. The maximum Gasteiger partial charge on any atom is 0.319 e. The maximum absolute atomic E-state index is 12.3. The number of urea groups is 1. The molecule has 2 amide bonds. The van der Waals surface area contributed by atoms with Crippen LogP contribution in [0.5, 0.6) is 23.0 Å². The summed E-state index contributed by atoms with van der Waals surface area (Å²) in [4.78, 5) is 12.3. The van der Waals surface area contributed by atoms with Crippen molar-refractivity contribution in [3.05, 3.63) is 42.0 Å². The summed E-state index contributed by atoms with van der Waals surface area (Å²) in [6.45, 7) is 1.88. The van der Waals surface area contributed by atoms with E-state index in [1.165, 1.54) is 0 Å². The van der Waals surface area contributed by atoms with Crippen LogP contribution in [0.3, 0.4) is 0 Å². The molecule has 0 fully saturated rings. The number of amides is 2. The van der Waals surface area contributed by atoms with Gasteiger partial charge in [0.15, 0.2) is 23.0 Å². The van der Waals surface area contributed by atoms with Crippen LogP contribution in [0.2, 0.25) is 0 Å². The van der Waals surface area contributed by atoms with Crippen LogP contribution in [0, 0.1) is 0 Å². The van der Waals surface area contributed by atoms with Gasteiger partial charge in [-0.3, -0.25) is 0 Å². The van der Waals surface area contributed by atoms with Gasteiger partial charge in [0.25, 0.3) is 0 Å². The number of hydrogen-bond acceptors (Lipinski definition) is 5. The van der Waals surface area contributed by atoms with Crippen LogP contribution < -0.4 is 29.6 Å². The van der Waals surface area contributed by atoms with Crippen LogP contribution in [0.25, 0.3) is 0 Å². The Morgan fingerprint density at radius 2 is 1.35 bits per heavy atom. The molecule has 0 saturated carbocycles. The van der Waals surface area contributed by atoms with E-state index < -0.39 is 0 Å². The van der Waals surface area contributed by atoms with Gasteiger partial charge in [-0.2, -0.15) is 0 Å². The monoisotopic (exact) mass is 360 g/mol. The lowest BCUT2D eigenvalue weighted by Gasteiger charge is -2.17. The molecular weight excluding hydrogens is 336 g/mol. The van der Waals surface area contributed by atoms with E-state index in [1.807, 2.05) is 19.1 Å². The quantitative estimate of drug-likeness (QED) is 0.789. The molecule has 0 bridgehead atoms. The fourth-order valence-corrected chi connectivity index (χ4v) is 2.48. The van der Waals surface area contributed by atoms with Crippen LogP contribution in [-0.2, 0) is 0 Å². The number of hydrogen-bond donors (Lipinski definition) is 2. The van der Waals surface area contributed by atoms with E-state index in [0.29, 0.717) is 28.7 Å². The van der Waals surface area contributed by atoms with Gasteiger partial charge in [-0.1, -0.05) is 6.07 Å². The molecule has 7 nitrogen and oxygen atoms in total. The summed E-state index contributed by atoms with van der Waals surface area (Å²) < 4.78 is 20.9. The molecule has 2 aromatic carbocycles. The van der Waals surface area contributed by atoms with Crippen molar-refractivity contribution in [2.45, 2.75) is 13.0 Å². The molecule has 7 heteroatoms. The van der Waals surface area contributed by atoms with Crippen LogP contribution >= 0.6 is 0 Å². The second-order valence-electron chi connectivity index (χ2n) is 5.50. The fourth-order valence-electron chi connectivity index (χ4n) is 2.48. The molecule has 0 aliphatic carbocycles. The standard InChI is InChI=1S/C19H24N2O5/c1-12(13-6-8-15(23-2)17(10-13)25-4)20-19(22)21-14-7-9-16(24-3)18(11-14)26-5/h6-12H,1-5H3,(H2,20,21,22)/t12-/m1/s1. The third kappa shape index (κ3) is 4.50. The normalized spacial score (nSPS) is 11.3. The van der Waals surface area contributed by atoms with Gasteiger partial charge < -0.3 is 29.6 Å². The van der Waals surface area contributed by atoms with Crippen molar-refractivity contribution < 1.29 is 23.7 Å². The molecule has 2 rings (SSSR count). The molecule has 0 heterocycles. The number of carbonyl (C=O) groups excluding carboxylic acids is 1. The minimum Gasteiger partial charge on any atom is -0.493 e. The molecule has 0 aliphatic rings. The highest BCUT2D eigenvalue weighted by molar-refractivity contribution is 5.90. The molecule has 0 unspecified atom stereocenters. The predicted octanol–water partition coefficient (Wildman–Crippen LogP) is 3.60. The Morgan fingerprint density at radius 3 is 1.92 bits per heavy atom. The molecular formula is C19H24N2O5. The van der Waals surface area contributed by atoms with E-state index in [1.54, 1.807) is 52.7 Å². The molecule has 1 atom stereocenters. The topological polar surface area (TPSA) is 78.1 Å². The van der Waals surface area contributed by atoms with Crippen LogP contribution in [-0.4, -0.2) is 34.5 Å². The van der Waals surface area contributed by atoms with Crippen molar-refractivity contribution in [3.63, 3.8) is 0 Å². The number of anilines is 1. The molecule has 2 N–H and O–H groups in total. The first-order chi connectivity index (χ1) is 12.5. The van der Waals surface area contributed by atoms with Gasteiger partial charge in [-0.15, -0.1) is 0 Å². The highest BCUT2D eigenvalue weighted by Gasteiger charge is 2.13. The fraction of sp³-hybridized carbons (Fsp3) is 0.316.